The monoisotopic (exact) mass is 351 g/mol. The lowest BCUT2D eigenvalue weighted by molar-refractivity contribution is -0.123. The van der Waals surface area contributed by atoms with E-state index in [1.54, 1.807) is 12.1 Å². The Bertz CT molecular complexity index is 917. The van der Waals surface area contributed by atoms with Gasteiger partial charge < -0.3 is 20.4 Å². The third kappa shape index (κ3) is 4.22. The van der Waals surface area contributed by atoms with Crippen molar-refractivity contribution in [3.8, 4) is 5.75 Å². The van der Waals surface area contributed by atoms with Crippen LogP contribution in [0.15, 0.2) is 54.7 Å². The third-order valence-corrected chi connectivity index (χ3v) is 3.93. The Labute approximate surface area is 151 Å². The summed E-state index contributed by atoms with van der Waals surface area (Å²) in [5, 5.41) is 6.42. The van der Waals surface area contributed by atoms with Crippen LogP contribution in [-0.4, -0.2) is 29.9 Å². The average molecular weight is 351 g/mol. The van der Waals surface area contributed by atoms with Gasteiger partial charge in [0.25, 0.3) is 0 Å². The molecule has 0 aliphatic heterocycles. The standard InChI is InChI=1S/C20H21N3O3/c1-2-26-18-10-6-5-9-17(18)23-20(25)13-22-19(24)11-14-12-21-16-8-4-3-7-15(14)16/h3-10,12,21H,2,11,13H2,1H3,(H,22,24)(H,23,25). The molecule has 2 amide bonds. The van der Waals surface area contributed by atoms with Crippen molar-refractivity contribution >= 4 is 28.4 Å². The molecule has 3 N–H and O–H groups in total. The first-order valence-corrected chi connectivity index (χ1v) is 8.50. The van der Waals surface area contributed by atoms with Crippen LogP contribution in [0.4, 0.5) is 5.69 Å². The molecule has 0 fully saturated rings. The number of para-hydroxylation sites is 3. The Hall–Kier alpha value is -3.28. The topological polar surface area (TPSA) is 83.2 Å². The first kappa shape index (κ1) is 17.5. The Balaban J connectivity index is 1.54. The molecular weight excluding hydrogens is 330 g/mol. The molecule has 0 saturated carbocycles. The van der Waals surface area contributed by atoms with Gasteiger partial charge in [0.1, 0.15) is 5.75 Å². The summed E-state index contributed by atoms with van der Waals surface area (Å²) in [6.07, 6.45) is 2.04. The minimum absolute atomic E-state index is 0.0956. The van der Waals surface area contributed by atoms with Crippen molar-refractivity contribution in [1.82, 2.24) is 10.3 Å². The zero-order valence-electron chi connectivity index (χ0n) is 14.5. The van der Waals surface area contributed by atoms with E-state index in [0.717, 1.165) is 16.5 Å². The number of aromatic nitrogens is 1. The van der Waals surface area contributed by atoms with Gasteiger partial charge in [0.2, 0.25) is 11.8 Å². The largest absolute Gasteiger partial charge is 0.492 e. The van der Waals surface area contributed by atoms with E-state index in [1.807, 2.05) is 49.5 Å². The third-order valence-electron chi connectivity index (χ3n) is 3.93. The second kappa shape index (κ2) is 8.20. The van der Waals surface area contributed by atoms with E-state index in [-0.39, 0.29) is 24.8 Å². The molecule has 3 rings (SSSR count). The van der Waals surface area contributed by atoms with Gasteiger partial charge in [-0.15, -0.1) is 0 Å². The van der Waals surface area contributed by atoms with E-state index < -0.39 is 0 Å². The number of carbonyl (C=O) groups is 2. The first-order chi connectivity index (χ1) is 12.7. The van der Waals surface area contributed by atoms with E-state index in [0.29, 0.717) is 18.0 Å². The molecule has 2 aromatic carbocycles. The number of rotatable bonds is 7. The van der Waals surface area contributed by atoms with Crippen LogP contribution in [0.1, 0.15) is 12.5 Å². The van der Waals surface area contributed by atoms with Crippen LogP contribution in [0.25, 0.3) is 10.9 Å². The fourth-order valence-electron chi connectivity index (χ4n) is 2.74. The van der Waals surface area contributed by atoms with Gasteiger partial charge in [-0.3, -0.25) is 9.59 Å². The SMILES string of the molecule is CCOc1ccccc1NC(=O)CNC(=O)Cc1c[nH]c2ccccc12. The summed E-state index contributed by atoms with van der Waals surface area (Å²) in [6.45, 7) is 2.29. The van der Waals surface area contributed by atoms with Crippen molar-refractivity contribution in [2.24, 2.45) is 0 Å². The van der Waals surface area contributed by atoms with Crippen LogP contribution < -0.4 is 15.4 Å². The lowest BCUT2D eigenvalue weighted by Crippen LogP contribution is -2.33. The molecular formula is C20H21N3O3. The molecule has 1 aromatic heterocycles. The highest BCUT2D eigenvalue weighted by molar-refractivity contribution is 5.96. The number of ether oxygens (including phenoxy) is 1. The quantitative estimate of drug-likeness (QED) is 0.612. The molecule has 0 atom stereocenters. The highest BCUT2D eigenvalue weighted by Crippen LogP contribution is 2.23. The summed E-state index contributed by atoms with van der Waals surface area (Å²) in [6, 6.07) is 15.0. The molecule has 0 aliphatic rings. The van der Waals surface area contributed by atoms with Crippen LogP contribution >= 0.6 is 0 Å². The van der Waals surface area contributed by atoms with Crippen LogP contribution in [-0.2, 0) is 16.0 Å². The second-order valence-electron chi connectivity index (χ2n) is 5.79. The van der Waals surface area contributed by atoms with Crippen LogP contribution in [0.3, 0.4) is 0 Å². The summed E-state index contributed by atoms with van der Waals surface area (Å²) in [4.78, 5) is 27.4. The Morgan fingerprint density at radius 2 is 1.81 bits per heavy atom. The van der Waals surface area contributed by atoms with Gasteiger partial charge in [0, 0.05) is 17.1 Å². The zero-order valence-corrected chi connectivity index (χ0v) is 14.5. The van der Waals surface area contributed by atoms with Crippen molar-refractivity contribution < 1.29 is 14.3 Å². The fraction of sp³-hybridized carbons (Fsp3) is 0.200. The molecule has 26 heavy (non-hydrogen) atoms. The first-order valence-electron chi connectivity index (χ1n) is 8.50. The van der Waals surface area contributed by atoms with Crippen molar-refractivity contribution in [2.75, 3.05) is 18.5 Å². The van der Waals surface area contributed by atoms with Gasteiger partial charge in [0.05, 0.1) is 25.3 Å². The van der Waals surface area contributed by atoms with E-state index in [4.69, 9.17) is 4.74 Å². The molecule has 0 radical (unpaired) electrons. The van der Waals surface area contributed by atoms with Gasteiger partial charge in [-0.2, -0.15) is 0 Å². The number of anilines is 1. The molecule has 1 heterocycles. The molecule has 0 saturated heterocycles. The highest BCUT2D eigenvalue weighted by atomic mass is 16.5. The number of fused-ring (bicyclic) bond motifs is 1. The molecule has 0 spiro atoms. The fourth-order valence-corrected chi connectivity index (χ4v) is 2.74. The number of aromatic amines is 1. The summed E-state index contributed by atoms with van der Waals surface area (Å²) in [5.41, 5.74) is 2.48. The lowest BCUT2D eigenvalue weighted by Gasteiger charge is -2.11. The maximum Gasteiger partial charge on any atom is 0.243 e. The molecule has 6 nitrogen and oxygen atoms in total. The number of carbonyl (C=O) groups excluding carboxylic acids is 2. The van der Waals surface area contributed by atoms with E-state index in [2.05, 4.69) is 15.6 Å². The molecule has 0 aliphatic carbocycles. The van der Waals surface area contributed by atoms with Crippen LogP contribution in [0.5, 0.6) is 5.75 Å². The van der Waals surface area contributed by atoms with Crippen molar-refractivity contribution in [3.05, 3.63) is 60.3 Å². The summed E-state index contributed by atoms with van der Waals surface area (Å²) < 4.78 is 5.47. The van der Waals surface area contributed by atoms with E-state index in [9.17, 15) is 9.59 Å². The normalized spacial score (nSPS) is 10.5. The van der Waals surface area contributed by atoms with Crippen molar-refractivity contribution in [3.63, 3.8) is 0 Å². The second-order valence-corrected chi connectivity index (χ2v) is 5.79. The summed E-state index contributed by atoms with van der Waals surface area (Å²) in [7, 11) is 0. The molecule has 6 heteroatoms. The highest BCUT2D eigenvalue weighted by Gasteiger charge is 2.11. The Kier molecular flexibility index (Phi) is 5.53. The Morgan fingerprint density at radius 1 is 1.04 bits per heavy atom. The van der Waals surface area contributed by atoms with E-state index >= 15 is 0 Å². The lowest BCUT2D eigenvalue weighted by atomic mass is 10.1. The predicted octanol–water partition coefficient (Wildman–Crippen LogP) is 2.86. The van der Waals surface area contributed by atoms with Gasteiger partial charge in [0.15, 0.2) is 0 Å². The molecule has 134 valence electrons. The maximum absolute atomic E-state index is 12.2. The predicted molar refractivity (Wildman–Crippen MR) is 101 cm³/mol. The number of amides is 2. The molecule has 0 bridgehead atoms. The van der Waals surface area contributed by atoms with Gasteiger partial charge in [-0.05, 0) is 30.7 Å². The van der Waals surface area contributed by atoms with Gasteiger partial charge >= 0.3 is 0 Å². The van der Waals surface area contributed by atoms with Crippen molar-refractivity contribution in [2.45, 2.75) is 13.3 Å². The number of hydrogen-bond donors (Lipinski definition) is 3. The molecule has 3 aromatic rings. The number of benzene rings is 2. The number of H-pyrrole nitrogens is 1. The van der Waals surface area contributed by atoms with Crippen LogP contribution in [0, 0.1) is 0 Å². The smallest absolute Gasteiger partial charge is 0.243 e. The maximum atomic E-state index is 12.2. The summed E-state index contributed by atoms with van der Waals surface area (Å²) in [5.74, 6) is 0.0981. The number of nitrogens with one attached hydrogen (secondary N) is 3. The van der Waals surface area contributed by atoms with Gasteiger partial charge in [-0.25, -0.2) is 0 Å². The minimum Gasteiger partial charge on any atom is -0.492 e. The van der Waals surface area contributed by atoms with Gasteiger partial charge in [-0.1, -0.05) is 30.3 Å². The zero-order chi connectivity index (χ0) is 18.4. The average Bonchev–Trinajstić information content (AvgIpc) is 3.05. The van der Waals surface area contributed by atoms with Crippen molar-refractivity contribution in [1.29, 1.82) is 0 Å². The number of hydrogen-bond acceptors (Lipinski definition) is 3. The van der Waals surface area contributed by atoms with E-state index in [1.165, 1.54) is 0 Å². The summed E-state index contributed by atoms with van der Waals surface area (Å²) >= 11 is 0. The molecule has 0 unspecified atom stereocenters. The Morgan fingerprint density at radius 3 is 2.65 bits per heavy atom. The minimum atomic E-state index is -0.301. The van der Waals surface area contributed by atoms with Crippen LogP contribution in [0.2, 0.25) is 0 Å².